The van der Waals surface area contributed by atoms with Crippen molar-refractivity contribution < 1.29 is 13.6 Å². The number of rotatable bonds is 3. The van der Waals surface area contributed by atoms with Gasteiger partial charge in [0.2, 0.25) is 5.95 Å². The lowest BCUT2D eigenvalue weighted by atomic mass is 10.1. The fourth-order valence-corrected chi connectivity index (χ4v) is 1.73. The van der Waals surface area contributed by atoms with Gasteiger partial charge in [-0.3, -0.25) is 4.79 Å². The van der Waals surface area contributed by atoms with E-state index in [-0.39, 0.29) is 5.56 Å². The third kappa shape index (κ3) is 2.93. The summed E-state index contributed by atoms with van der Waals surface area (Å²) in [6, 6.07) is 8.34. The highest BCUT2D eigenvalue weighted by Crippen LogP contribution is 2.16. The van der Waals surface area contributed by atoms with E-state index in [1.165, 1.54) is 24.4 Å². The van der Waals surface area contributed by atoms with Gasteiger partial charge in [-0.15, -0.1) is 0 Å². The Balaban J connectivity index is 2.16. The van der Waals surface area contributed by atoms with Crippen LogP contribution >= 0.6 is 0 Å². The molecule has 2 rings (SSSR count). The molecule has 0 fully saturated rings. The maximum atomic E-state index is 13.5. The van der Waals surface area contributed by atoms with Crippen molar-refractivity contribution in [1.29, 1.82) is 0 Å². The van der Waals surface area contributed by atoms with E-state index < -0.39 is 23.7 Å². The zero-order chi connectivity index (χ0) is 13.8. The first-order valence-electron chi connectivity index (χ1n) is 5.75. The normalized spacial score (nSPS) is 11.9. The van der Waals surface area contributed by atoms with Crippen LogP contribution in [0.25, 0.3) is 0 Å². The van der Waals surface area contributed by atoms with Crippen LogP contribution in [0.2, 0.25) is 0 Å². The molecule has 2 aromatic rings. The van der Waals surface area contributed by atoms with Crippen LogP contribution in [0, 0.1) is 11.8 Å². The number of nitrogens with one attached hydrogen (secondary N) is 1. The molecule has 1 heterocycles. The highest BCUT2D eigenvalue weighted by Gasteiger charge is 2.17. The van der Waals surface area contributed by atoms with Gasteiger partial charge in [-0.1, -0.05) is 18.2 Å². The van der Waals surface area contributed by atoms with E-state index in [4.69, 9.17) is 0 Å². The minimum absolute atomic E-state index is 0.161. The second-order valence-corrected chi connectivity index (χ2v) is 4.06. The molecule has 0 saturated heterocycles. The molecule has 1 N–H and O–H groups in total. The smallest absolute Gasteiger partial charge is 0.256 e. The van der Waals surface area contributed by atoms with Gasteiger partial charge in [-0.25, -0.2) is 9.37 Å². The minimum Gasteiger partial charge on any atom is -0.345 e. The SMILES string of the molecule is CC(NC(=O)c1cccnc1F)c1ccccc1F. The van der Waals surface area contributed by atoms with E-state index in [2.05, 4.69) is 10.3 Å². The van der Waals surface area contributed by atoms with E-state index in [0.717, 1.165) is 0 Å². The number of amides is 1. The summed E-state index contributed by atoms with van der Waals surface area (Å²) in [6.45, 7) is 1.63. The van der Waals surface area contributed by atoms with Crippen LogP contribution in [-0.4, -0.2) is 10.9 Å². The van der Waals surface area contributed by atoms with Crippen molar-refractivity contribution >= 4 is 5.91 Å². The molecule has 1 aromatic heterocycles. The lowest BCUT2D eigenvalue weighted by molar-refractivity contribution is 0.0934. The fraction of sp³-hybridized carbons (Fsp3) is 0.143. The number of carbonyl (C=O) groups excluding carboxylic acids is 1. The Hall–Kier alpha value is -2.30. The summed E-state index contributed by atoms with van der Waals surface area (Å²) in [6.07, 6.45) is 1.26. The number of pyridine rings is 1. The Labute approximate surface area is 109 Å². The number of carbonyl (C=O) groups is 1. The summed E-state index contributed by atoms with van der Waals surface area (Å²) in [5.41, 5.74) is 0.186. The van der Waals surface area contributed by atoms with Crippen molar-refractivity contribution in [2.45, 2.75) is 13.0 Å². The Morgan fingerprint density at radius 3 is 2.63 bits per heavy atom. The van der Waals surface area contributed by atoms with Crippen LogP contribution in [-0.2, 0) is 0 Å². The van der Waals surface area contributed by atoms with Gasteiger partial charge in [0.25, 0.3) is 5.91 Å². The number of benzene rings is 1. The molecule has 0 aliphatic heterocycles. The summed E-state index contributed by atoms with van der Waals surface area (Å²) in [7, 11) is 0. The Morgan fingerprint density at radius 1 is 1.21 bits per heavy atom. The Morgan fingerprint density at radius 2 is 1.95 bits per heavy atom. The first-order chi connectivity index (χ1) is 9.09. The van der Waals surface area contributed by atoms with Crippen LogP contribution in [0.4, 0.5) is 8.78 Å². The third-order valence-electron chi connectivity index (χ3n) is 2.72. The van der Waals surface area contributed by atoms with Crippen molar-refractivity contribution in [3.63, 3.8) is 0 Å². The average Bonchev–Trinajstić information content (AvgIpc) is 2.39. The van der Waals surface area contributed by atoms with E-state index in [1.807, 2.05) is 0 Å². The average molecular weight is 262 g/mol. The number of hydrogen-bond acceptors (Lipinski definition) is 2. The predicted molar refractivity (Wildman–Crippen MR) is 66.5 cm³/mol. The van der Waals surface area contributed by atoms with Gasteiger partial charge in [-0.05, 0) is 25.1 Å². The topological polar surface area (TPSA) is 42.0 Å². The fourth-order valence-electron chi connectivity index (χ4n) is 1.73. The largest absolute Gasteiger partial charge is 0.345 e. The zero-order valence-electron chi connectivity index (χ0n) is 10.2. The quantitative estimate of drug-likeness (QED) is 0.864. The molecule has 0 spiro atoms. The standard InChI is InChI=1S/C14H12F2N2O/c1-9(10-5-2-3-7-12(10)15)18-14(19)11-6-4-8-17-13(11)16/h2-9H,1H3,(H,18,19). The lowest BCUT2D eigenvalue weighted by Gasteiger charge is -2.15. The molecule has 3 nitrogen and oxygen atoms in total. The molecule has 1 amide bonds. The second kappa shape index (κ2) is 5.56. The van der Waals surface area contributed by atoms with E-state index >= 15 is 0 Å². The van der Waals surface area contributed by atoms with Gasteiger partial charge in [0.15, 0.2) is 0 Å². The Kier molecular flexibility index (Phi) is 3.85. The maximum Gasteiger partial charge on any atom is 0.256 e. The molecule has 19 heavy (non-hydrogen) atoms. The molecular weight excluding hydrogens is 250 g/mol. The molecule has 1 unspecified atom stereocenters. The minimum atomic E-state index is -0.847. The molecule has 0 aliphatic carbocycles. The molecule has 0 aliphatic rings. The van der Waals surface area contributed by atoms with Gasteiger partial charge < -0.3 is 5.32 Å². The van der Waals surface area contributed by atoms with Crippen molar-refractivity contribution in [2.24, 2.45) is 0 Å². The third-order valence-corrected chi connectivity index (χ3v) is 2.72. The molecule has 98 valence electrons. The summed E-state index contributed by atoms with van der Waals surface area (Å²) < 4.78 is 26.9. The molecular formula is C14H12F2N2O. The summed E-state index contributed by atoms with van der Waals surface area (Å²) >= 11 is 0. The van der Waals surface area contributed by atoms with Crippen LogP contribution in [0.1, 0.15) is 28.9 Å². The van der Waals surface area contributed by atoms with E-state index in [0.29, 0.717) is 5.56 Å². The summed E-state index contributed by atoms with van der Waals surface area (Å²) in [4.78, 5) is 15.2. The van der Waals surface area contributed by atoms with Gasteiger partial charge >= 0.3 is 0 Å². The molecule has 0 saturated carbocycles. The molecule has 1 aromatic carbocycles. The Bertz CT molecular complexity index is 602. The first-order valence-corrected chi connectivity index (χ1v) is 5.75. The molecule has 1 atom stereocenters. The summed E-state index contributed by atoms with van der Waals surface area (Å²) in [5, 5.41) is 2.54. The van der Waals surface area contributed by atoms with Gasteiger partial charge in [0.1, 0.15) is 5.82 Å². The number of aromatic nitrogens is 1. The van der Waals surface area contributed by atoms with Crippen LogP contribution in [0.15, 0.2) is 42.6 Å². The van der Waals surface area contributed by atoms with Gasteiger partial charge in [-0.2, -0.15) is 4.39 Å². The van der Waals surface area contributed by atoms with Gasteiger partial charge in [0.05, 0.1) is 11.6 Å². The monoisotopic (exact) mass is 262 g/mol. The van der Waals surface area contributed by atoms with Gasteiger partial charge in [0, 0.05) is 11.8 Å². The molecule has 0 radical (unpaired) electrons. The van der Waals surface area contributed by atoms with E-state index in [9.17, 15) is 13.6 Å². The van der Waals surface area contributed by atoms with Crippen molar-refractivity contribution in [3.05, 3.63) is 65.5 Å². The second-order valence-electron chi connectivity index (χ2n) is 4.06. The van der Waals surface area contributed by atoms with Crippen molar-refractivity contribution in [1.82, 2.24) is 10.3 Å². The molecule has 0 bridgehead atoms. The number of nitrogens with zero attached hydrogens (tertiary/aromatic N) is 1. The highest BCUT2D eigenvalue weighted by molar-refractivity contribution is 5.94. The lowest BCUT2D eigenvalue weighted by Crippen LogP contribution is -2.28. The van der Waals surface area contributed by atoms with E-state index in [1.54, 1.807) is 25.1 Å². The highest BCUT2D eigenvalue weighted by atomic mass is 19.1. The molecule has 5 heteroatoms. The predicted octanol–water partition coefficient (Wildman–Crippen LogP) is 2.85. The summed E-state index contributed by atoms with van der Waals surface area (Å²) in [5.74, 6) is -1.89. The zero-order valence-corrected chi connectivity index (χ0v) is 10.2. The van der Waals surface area contributed by atoms with Crippen molar-refractivity contribution in [2.75, 3.05) is 0 Å². The number of hydrogen-bond donors (Lipinski definition) is 1. The van der Waals surface area contributed by atoms with Crippen LogP contribution in [0.5, 0.6) is 0 Å². The maximum absolute atomic E-state index is 13.5. The van der Waals surface area contributed by atoms with Crippen LogP contribution in [0.3, 0.4) is 0 Å². The first kappa shape index (κ1) is 13.1. The number of halogens is 2. The van der Waals surface area contributed by atoms with Crippen LogP contribution < -0.4 is 5.32 Å². The van der Waals surface area contributed by atoms with Crippen molar-refractivity contribution in [3.8, 4) is 0 Å².